The average molecular weight is 433 g/mol. The fraction of sp³-hybridized carbons (Fsp3) is 0.591. The third kappa shape index (κ3) is 5.29. The van der Waals surface area contributed by atoms with Crippen molar-refractivity contribution in [2.24, 2.45) is 11.8 Å². The van der Waals surface area contributed by atoms with Crippen LogP contribution < -0.4 is 4.74 Å². The minimum absolute atomic E-state index is 0.00234. The fourth-order valence-electron chi connectivity index (χ4n) is 3.78. The molecule has 164 valence electrons. The van der Waals surface area contributed by atoms with E-state index in [1.807, 2.05) is 35.9 Å². The van der Waals surface area contributed by atoms with Gasteiger partial charge in [0.25, 0.3) is 0 Å². The highest BCUT2D eigenvalue weighted by atomic mass is 32.1. The highest BCUT2D eigenvalue weighted by Crippen LogP contribution is 2.24. The SMILES string of the molecule is CCOC(=O)C1CCN(Cn2nc(-c3ccc(OC)cc3)n(CC(C)C)c2=S)CC1. The molecule has 30 heavy (non-hydrogen) atoms. The first-order chi connectivity index (χ1) is 14.4. The zero-order chi connectivity index (χ0) is 21.7. The van der Waals surface area contributed by atoms with Crippen LogP contribution in [-0.2, 0) is 22.7 Å². The van der Waals surface area contributed by atoms with Gasteiger partial charge in [-0.05, 0) is 62.2 Å². The number of carbonyl (C=O) groups is 1. The van der Waals surface area contributed by atoms with Gasteiger partial charge in [0.1, 0.15) is 5.75 Å². The van der Waals surface area contributed by atoms with Gasteiger partial charge in [-0.25, -0.2) is 4.68 Å². The van der Waals surface area contributed by atoms with Gasteiger partial charge in [-0.15, -0.1) is 0 Å². The quantitative estimate of drug-likeness (QED) is 0.465. The summed E-state index contributed by atoms with van der Waals surface area (Å²) in [5.74, 6) is 2.07. The van der Waals surface area contributed by atoms with Crippen molar-refractivity contribution in [3.8, 4) is 17.1 Å². The van der Waals surface area contributed by atoms with Crippen molar-refractivity contribution in [3.63, 3.8) is 0 Å². The molecule has 0 bridgehead atoms. The van der Waals surface area contributed by atoms with E-state index >= 15 is 0 Å². The van der Waals surface area contributed by atoms with Crippen LogP contribution in [0.15, 0.2) is 24.3 Å². The molecule has 8 heteroatoms. The fourth-order valence-corrected chi connectivity index (χ4v) is 4.04. The molecule has 0 aliphatic carbocycles. The summed E-state index contributed by atoms with van der Waals surface area (Å²) >= 11 is 5.79. The highest BCUT2D eigenvalue weighted by Gasteiger charge is 2.26. The molecule has 1 aromatic heterocycles. The molecule has 2 aromatic rings. The molecule has 1 saturated heterocycles. The molecule has 0 radical (unpaired) electrons. The number of hydrogen-bond acceptors (Lipinski definition) is 6. The number of piperidine rings is 1. The summed E-state index contributed by atoms with van der Waals surface area (Å²) in [6, 6.07) is 7.92. The van der Waals surface area contributed by atoms with Crippen LogP contribution in [-0.4, -0.2) is 52.0 Å². The molecule has 1 aliphatic heterocycles. The maximum absolute atomic E-state index is 12.0. The Labute approximate surface area is 183 Å². The zero-order valence-corrected chi connectivity index (χ0v) is 19.2. The van der Waals surface area contributed by atoms with Crippen LogP contribution in [0.4, 0.5) is 0 Å². The summed E-state index contributed by atoms with van der Waals surface area (Å²) in [6.07, 6.45) is 1.62. The second kappa shape index (κ2) is 10.2. The molecule has 1 aliphatic rings. The van der Waals surface area contributed by atoms with Crippen molar-refractivity contribution in [1.82, 2.24) is 19.2 Å². The van der Waals surface area contributed by atoms with Crippen LogP contribution >= 0.6 is 12.2 Å². The Kier molecular flexibility index (Phi) is 7.66. The molecular weight excluding hydrogens is 400 g/mol. The van der Waals surface area contributed by atoms with Crippen LogP contribution in [0.5, 0.6) is 5.75 Å². The zero-order valence-electron chi connectivity index (χ0n) is 18.3. The lowest BCUT2D eigenvalue weighted by molar-refractivity contribution is -0.149. The molecule has 7 nitrogen and oxygen atoms in total. The summed E-state index contributed by atoms with van der Waals surface area (Å²) in [5, 5.41) is 4.87. The van der Waals surface area contributed by atoms with Gasteiger partial charge in [0.2, 0.25) is 0 Å². The molecule has 1 aromatic carbocycles. The van der Waals surface area contributed by atoms with Crippen molar-refractivity contribution < 1.29 is 14.3 Å². The van der Waals surface area contributed by atoms with E-state index < -0.39 is 0 Å². The van der Waals surface area contributed by atoms with Crippen LogP contribution in [0, 0.1) is 16.6 Å². The molecule has 0 spiro atoms. The smallest absolute Gasteiger partial charge is 0.309 e. The predicted molar refractivity (Wildman–Crippen MR) is 119 cm³/mol. The van der Waals surface area contributed by atoms with E-state index in [2.05, 4.69) is 23.3 Å². The summed E-state index contributed by atoms with van der Waals surface area (Å²) in [7, 11) is 1.66. The Hall–Kier alpha value is -2.19. The molecule has 3 rings (SSSR count). The van der Waals surface area contributed by atoms with Crippen LogP contribution in [0.1, 0.15) is 33.6 Å². The summed E-state index contributed by atoms with van der Waals surface area (Å²) in [5.41, 5.74) is 1.02. The molecular formula is C22H32N4O3S. The van der Waals surface area contributed by atoms with Gasteiger partial charge >= 0.3 is 5.97 Å². The van der Waals surface area contributed by atoms with Crippen molar-refractivity contribution in [1.29, 1.82) is 0 Å². The first-order valence-corrected chi connectivity index (χ1v) is 11.0. The van der Waals surface area contributed by atoms with E-state index in [-0.39, 0.29) is 11.9 Å². The van der Waals surface area contributed by atoms with E-state index in [4.69, 9.17) is 26.8 Å². The van der Waals surface area contributed by atoms with E-state index in [1.54, 1.807) is 7.11 Å². The third-order valence-corrected chi connectivity index (χ3v) is 5.79. The number of benzene rings is 1. The minimum Gasteiger partial charge on any atom is -0.497 e. The lowest BCUT2D eigenvalue weighted by atomic mass is 9.97. The van der Waals surface area contributed by atoms with E-state index in [0.717, 1.165) is 54.4 Å². The van der Waals surface area contributed by atoms with Crippen LogP contribution in [0.25, 0.3) is 11.4 Å². The van der Waals surface area contributed by atoms with E-state index in [9.17, 15) is 4.79 Å². The van der Waals surface area contributed by atoms with Crippen molar-refractivity contribution >= 4 is 18.2 Å². The highest BCUT2D eigenvalue weighted by molar-refractivity contribution is 7.71. The Morgan fingerprint density at radius 1 is 1.23 bits per heavy atom. The number of esters is 1. The van der Waals surface area contributed by atoms with Gasteiger partial charge in [-0.1, -0.05) is 13.8 Å². The number of hydrogen-bond donors (Lipinski definition) is 0. The van der Waals surface area contributed by atoms with Crippen molar-refractivity contribution in [2.75, 3.05) is 26.8 Å². The molecule has 0 unspecified atom stereocenters. The average Bonchev–Trinajstić information content (AvgIpc) is 3.04. The summed E-state index contributed by atoms with van der Waals surface area (Å²) in [4.78, 5) is 14.3. The Bertz CT molecular complexity index is 896. The molecule has 0 saturated carbocycles. The molecule has 0 N–H and O–H groups in total. The number of methoxy groups -OCH3 is 1. The second-order valence-corrected chi connectivity index (χ2v) is 8.49. The molecule has 0 atom stereocenters. The number of ether oxygens (including phenoxy) is 2. The van der Waals surface area contributed by atoms with Gasteiger partial charge in [0.15, 0.2) is 10.6 Å². The molecule has 0 amide bonds. The molecule has 1 fully saturated rings. The lowest BCUT2D eigenvalue weighted by Gasteiger charge is -2.30. The number of rotatable bonds is 8. The topological polar surface area (TPSA) is 61.5 Å². The minimum atomic E-state index is -0.0724. The van der Waals surface area contributed by atoms with Crippen LogP contribution in [0.3, 0.4) is 0 Å². The number of aromatic nitrogens is 3. The van der Waals surface area contributed by atoms with Gasteiger partial charge in [-0.2, -0.15) is 5.10 Å². The number of carbonyl (C=O) groups excluding carboxylic acids is 1. The number of likely N-dealkylation sites (tertiary alicyclic amines) is 1. The molecule has 2 heterocycles. The Morgan fingerprint density at radius 3 is 2.47 bits per heavy atom. The number of nitrogens with zero attached hydrogens (tertiary/aromatic N) is 4. The second-order valence-electron chi connectivity index (χ2n) is 8.12. The van der Waals surface area contributed by atoms with Gasteiger partial charge in [0.05, 0.1) is 26.3 Å². The van der Waals surface area contributed by atoms with Gasteiger partial charge in [-0.3, -0.25) is 14.3 Å². The summed E-state index contributed by atoms with van der Waals surface area (Å²) in [6.45, 7) is 9.75. The Morgan fingerprint density at radius 2 is 1.90 bits per heavy atom. The monoisotopic (exact) mass is 432 g/mol. The third-order valence-electron chi connectivity index (χ3n) is 5.36. The standard InChI is InChI=1S/C22H32N4O3S/c1-5-29-21(27)18-10-12-24(13-11-18)15-26-22(30)25(14-16(2)3)20(23-26)17-6-8-19(28-4)9-7-17/h6-9,16,18H,5,10-15H2,1-4H3. The summed E-state index contributed by atoms with van der Waals surface area (Å²) < 4.78 is 15.2. The van der Waals surface area contributed by atoms with Crippen molar-refractivity contribution in [3.05, 3.63) is 29.0 Å². The predicted octanol–water partition coefficient (Wildman–Crippen LogP) is 3.98. The maximum Gasteiger partial charge on any atom is 0.309 e. The van der Waals surface area contributed by atoms with E-state index in [1.165, 1.54) is 0 Å². The first-order valence-electron chi connectivity index (χ1n) is 10.6. The van der Waals surface area contributed by atoms with Crippen LogP contribution in [0.2, 0.25) is 0 Å². The van der Waals surface area contributed by atoms with Gasteiger partial charge < -0.3 is 9.47 Å². The lowest BCUT2D eigenvalue weighted by Crippen LogP contribution is -2.38. The first kappa shape index (κ1) is 22.5. The van der Waals surface area contributed by atoms with Gasteiger partial charge in [0, 0.05) is 25.2 Å². The normalized spacial score (nSPS) is 15.5. The van der Waals surface area contributed by atoms with Crippen molar-refractivity contribution in [2.45, 2.75) is 46.8 Å². The van der Waals surface area contributed by atoms with E-state index in [0.29, 0.717) is 19.2 Å². The largest absolute Gasteiger partial charge is 0.497 e. The maximum atomic E-state index is 12.0. The Balaban J connectivity index is 1.78.